The minimum Gasteiger partial charge on any atom is -0.489 e. The number of nitrogens with zero attached hydrogens (tertiary/aromatic N) is 2. The Kier molecular flexibility index (Phi) is 5.73. The Morgan fingerprint density at radius 2 is 1.73 bits per heavy atom. The molecular formula is C18H16Cl2N2O3S. The molecule has 0 N–H and O–H groups in total. The van der Waals surface area contributed by atoms with Crippen LogP contribution in [0.25, 0.3) is 0 Å². The van der Waals surface area contributed by atoms with Crippen molar-refractivity contribution in [3.8, 4) is 11.8 Å². The summed E-state index contributed by atoms with van der Waals surface area (Å²) in [6, 6.07) is 12.9. The minimum atomic E-state index is -3.66. The van der Waals surface area contributed by atoms with Crippen LogP contribution in [-0.4, -0.2) is 31.9 Å². The van der Waals surface area contributed by atoms with E-state index in [2.05, 4.69) is 0 Å². The molecule has 0 aromatic heterocycles. The standard InChI is InChI=1S/C18H16Cl2N2O3S/c19-16-2-1-3-17(20)18(16)25-11-10-22(14-6-7-14)26(23,24)15-8-4-13(12-21)5-9-15/h1-5,8-9,14H,6-7,10-11H2. The second kappa shape index (κ2) is 7.85. The monoisotopic (exact) mass is 410 g/mol. The second-order valence-corrected chi connectivity index (χ2v) is 8.59. The summed E-state index contributed by atoms with van der Waals surface area (Å²) >= 11 is 12.1. The van der Waals surface area contributed by atoms with E-state index in [0.29, 0.717) is 21.4 Å². The molecule has 0 saturated heterocycles. The highest BCUT2D eigenvalue weighted by Crippen LogP contribution is 2.34. The Morgan fingerprint density at radius 1 is 1.12 bits per heavy atom. The zero-order valence-corrected chi connectivity index (χ0v) is 16.1. The van der Waals surface area contributed by atoms with Crippen LogP contribution in [0.4, 0.5) is 0 Å². The van der Waals surface area contributed by atoms with Gasteiger partial charge in [0.15, 0.2) is 5.75 Å². The van der Waals surface area contributed by atoms with E-state index in [1.807, 2.05) is 6.07 Å². The molecule has 0 heterocycles. The number of sulfonamides is 1. The fourth-order valence-corrected chi connectivity index (χ4v) is 4.73. The molecule has 1 fully saturated rings. The van der Waals surface area contributed by atoms with Gasteiger partial charge in [-0.3, -0.25) is 0 Å². The van der Waals surface area contributed by atoms with Crippen LogP contribution in [0.2, 0.25) is 10.0 Å². The number of benzene rings is 2. The summed E-state index contributed by atoms with van der Waals surface area (Å²) in [7, 11) is -3.66. The number of para-hydroxylation sites is 1. The van der Waals surface area contributed by atoms with Crippen LogP contribution in [-0.2, 0) is 10.0 Å². The van der Waals surface area contributed by atoms with E-state index < -0.39 is 10.0 Å². The van der Waals surface area contributed by atoms with E-state index >= 15 is 0 Å². The molecule has 2 aromatic carbocycles. The molecule has 136 valence electrons. The Bertz CT molecular complexity index is 916. The average Bonchev–Trinajstić information content (AvgIpc) is 3.45. The molecular weight excluding hydrogens is 395 g/mol. The summed E-state index contributed by atoms with van der Waals surface area (Å²) in [5.74, 6) is 0.349. The maximum absolute atomic E-state index is 12.9. The van der Waals surface area contributed by atoms with Gasteiger partial charge in [-0.15, -0.1) is 0 Å². The van der Waals surface area contributed by atoms with Crippen LogP contribution in [0.5, 0.6) is 5.75 Å². The van der Waals surface area contributed by atoms with Gasteiger partial charge in [0.25, 0.3) is 0 Å². The molecule has 0 spiro atoms. The Morgan fingerprint density at radius 3 is 2.27 bits per heavy atom. The molecule has 1 aliphatic rings. The van der Waals surface area contributed by atoms with Crippen molar-refractivity contribution in [1.82, 2.24) is 4.31 Å². The summed E-state index contributed by atoms with van der Waals surface area (Å²) in [5.41, 5.74) is 0.415. The first kappa shape index (κ1) is 19.0. The van der Waals surface area contributed by atoms with Gasteiger partial charge in [0.1, 0.15) is 6.61 Å². The van der Waals surface area contributed by atoms with Crippen LogP contribution < -0.4 is 4.74 Å². The number of rotatable bonds is 7. The number of nitriles is 1. The van der Waals surface area contributed by atoms with Gasteiger partial charge in [-0.2, -0.15) is 9.57 Å². The van der Waals surface area contributed by atoms with Gasteiger partial charge in [0.05, 0.1) is 26.6 Å². The number of halogens is 2. The van der Waals surface area contributed by atoms with E-state index in [9.17, 15) is 8.42 Å². The number of hydrogen-bond acceptors (Lipinski definition) is 4. The van der Waals surface area contributed by atoms with Gasteiger partial charge < -0.3 is 4.74 Å². The summed E-state index contributed by atoms with van der Waals surface area (Å²) in [5, 5.41) is 9.62. The average molecular weight is 411 g/mol. The van der Waals surface area contributed by atoms with Gasteiger partial charge >= 0.3 is 0 Å². The predicted octanol–water partition coefficient (Wildman–Crippen LogP) is 4.10. The number of ether oxygens (including phenoxy) is 1. The highest BCUT2D eigenvalue weighted by Gasteiger charge is 2.37. The Balaban J connectivity index is 1.74. The third-order valence-corrected chi connectivity index (χ3v) is 6.58. The molecule has 1 aliphatic carbocycles. The number of hydrogen-bond donors (Lipinski definition) is 0. The third-order valence-electron chi connectivity index (χ3n) is 4.02. The lowest BCUT2D eigenvalue weighted by atomic mass is 10.2. The zero-order valence-electron chi connectivity index (χ0n) is 13.7. The van der Waals surface area contributed by atoms with Crippen LogP contribution in [0.3, 0.4) is 0 Å². The molecule has 0 bridgehead atoms. The van der Waals surface area contributed by atoms with Crippen molar-refractivity contribution in [3.05, 3.63) is 58.1 Å². The van der Waals surface area contributed by atoms with Crippen molar-refractivity contribution in [2.24, 2.45) is 0 Å². The summed E-state index contributed by atoms with van der Waals surface area (Å²) in [4.78, 5) is 0.166. The van der Waals surface area contributed by atoms with Gasteiger partial charge in [-0.1, -0.05) is 29.3 Å². The third kappa shape index (κ3) is 4.13. The largest absolute Gasteiger partial charge is 0.489 e. The normalized spacial score (nSPS) is 14.2. The lowest BCUT2D eigenvalue weighted by Crippen LogP contribution is -2.36. The van der Waals surface area contributed by atoms with Crippen molar-refractivity contribution in [2.45, 2.75) is 23.8 Å². The van der Waals surface area contributed by atoms with E-state index in [1.165, 1.54) is 28.6 Å². The summed E-state index contributed by atoms with van der Waals surface area (Å²) in [6.45, 7) is 0.323. The van der Waals surface area contributed by atoms with Crippen LogP contribution in [0, 0.1) is 11.3 Å². The first-order chi connectivity index (χ1) is 12.4. The molecule has 2 aromatic rings. The highest BCUT2D eigenvalue weighted by molar-refractivity contribution is 7.89. The first-order valence-electron chi connectivity index (χ1n) is 8.02. The molecule has 0 unspecified atom stereocenters. The molecule has 3 rings (SSSR count). The fourth-order valence-electron chi connectivity index (χ4n) is 2.56. The quantitative estimate of drug-likeness (QED) is 0.688. The molecule has 8 heteroatoms. The van der Waals surface area contributed by atoms with E-state index in [-0.39, 0.29) is 24.1 Å². The van der Waals surface area contributed by atoms with Gasteiger partial charge in [-0.05, 0) is 49.2 Å². The van der Waals surface area contributed by atoms with Crippen molar-refractivity contribution < 1.29 is 13.2 Å². The Hall–Kier alpha value is -1.78. The highest BCUT2D eigenvalue weighted by atomic mass is 35.5. The van der Waals surface area contributed by atoms with Gasteiger partial charge in [0, 0.05) is 12.6 Å². The molecule has 5 nitrogen and oxygen atoms in total. The van der Waals surface area contributed by atoms with E-state index in [4.69, 9.17) is 33.2 Å². The zero-order chi connectivity index (χ0) is 18.7. The van der Waals surface area contributed by atoms with Crippen LogP contribution in [0.1, 0.15) is 18.4 Å². The Labute approximate surface area is 162 Å². The van der Waals surface area contributed by atoms with Gasteiger partial charge in [0.2, 0.25) is 10.0 Å². The van der Waals surface area contributed by atoms with E-state index in [0.717, 1.165) is 12.8 Å². The van der Waals surface area contributed by atoms with Crippen molar-refractivity contribution in [3.63, 3.8) is 0 Å². The minimum absolute atomic E-state index is 0.0269. The molecule has 0 aliphatic heterocycles. The van der Waals surface area contributed by atoms with E-state index in [1.54, 1.807) is 18.2 Å². The summed E-state index contributed by atoms with van der Waals surface area (Å²) in [6.07, 6.45) is 1.64. The van der Waals surface area contributed by atoms with Crippen molar-refractivity contribution in [1.29, 1.82) is 5.26 Å². The fraction of sp³-hybridized carbons (Fsp3) is 0.278. The molecule has 0 radical (unpaired) electrons. The molecule has 0 amide bonds. The van der Waals surface area contributed by atoms with Crippen LogP contribution in [0.15, 0.2) is 47.4 Å². The lowest BCUT2D eigenvalue weighted by molar-refractivity contribution is 0.269. The SMILES string of the molecule is N#Cc1ccc(S(=O)(=O)N(CCOc2c(Cl)cccc2Cl)C2CC2)cc1. The second-order valence-electron chi connectivity index (χ2n) is 5.88. The first-order valence-corrected chi connectivity index (χ1v) is 10.2. The maximum Gasteiger partial charge on any atom is 0.243 e. The molecule has 0 atom stereocenters. The topological polar surface area (TPSA) is 70.4 Å². The molecule has 1 saturated carbocycles. The summed E-state index contributed by atoms with van der Waals surface area (Å²) < 4.78 is 32.9. The van der Waals surface area contributed by atoms with Crippen molar-refractivity contribution in [2.75, 3.05) is 13.2 Å². The smallest absolute Gasteiger partial charge is 0.243 e. The molecule has 26 heavy (non-hydrogen) atoms. The van der Waals surface area contributed by atoms with Crippen LogP contribution >= 0.6 is 23.2 Å². The van der Waals surface area contributed by atoms with Gasteiger partial charge in [-0.25, -0.2) is 8.42 Å². The maximum atomic E-state index is 12.9. The lowest BCUT2D eigenvalue weighted by Gasteiger charge is -2.22. The predicted molar refractivity (Wildman–Crippen MR) is 100 cm³/mol. The van der Waals surface area contributed by atoms with Crippen molar-refractivity contribution >= 4 is 33.2 Å².